The number of hydrogen-bond acceptors (Lipinski definition) is 2. The Morgan fingerprint density at radius 3 is 1.18 bits per heavy atom. The van der Waals surface area contributed by atoms with Crippen LogP contribution in [0.1, 0.15) is 103 Å². The van der Waals surface area contributed by atoms with Gasteiger partial charge >= 0.3 is 0 Å². The van der Waals surface area contributed by atoms with Crippen LogP contribution >= 0.6 is 22.7 Å². The average molecular weight is 749 g/mol. The maximum absolute atomic E-state index is 3.67. The average Bonchev–Trinajstić information content (AvgIpc) is 3.91. The second kappa shape index (κ2) is 17.6. The second-order valence-corrected chi connectivity index (χ2v) is 17.0. The van der Waals surface area contributed by atoms with E-state index in [-0.39, 0.29) is 0 Å². The molecule has 0 unspecified atom stereocenters. The first-order valence-corrected chi connectivity index (χ1v) is 21.9. The highest BCUT2D eigenvalue weighted by molar-refractivity contribution is 7.22. The van der Waals surface area contributed by atoms with Crippen LogP contribution in [-0.2, 0) is 6.42 Å². The maximum atomic E-state index is 3.67. The zero-order valence-electron chi connectivity index (χ0n) is 32.1. The van der Waals surface area contributed by atoms with Gasteiger partial charge in [0.15, 0.2) is 0 Å². The fourth-order valence-corrected chi connectivity index (χ4v) is 10.0. The standard InChI is InChI=1S/C53H48S2/c1-3-4-5-6-7-8-9-10-11-12-23-45-46-26-17-19-28-48(46)51(49-29-20-18-27-47(45)49)35-31-40-33-37-53(55-40)52-36-32-39(54-52)30-34-50-43-24-15-13-21-41(43)38(2)42-22-14-16-25-44(42)50/h13-22,24-29,32-33,36-37H,3-12,23H2,1-2H3. The SMILES string of the molecule is CCCCCCCCCCCCc1c2ccccc2c(C#Cc2ccc(-c3ccc(C#Cc4c5ccccc5c(C)c5ccccc45)s3)s2)c2ccccc12. The van der Waals surface area contributed by atoms with E-state index in [0.29, 0.717) is 0 Å². The van der Waals surface area contributed by atoms with Gasteiger partial charge in [0.1, 0.15) is 0 Å². The molecule has 0 aliphatic carbocycles. The van der Waals surface area contributed by atoms with E-state index < -0.39 is 0 Å². The molecule has 0 fully saturated rings. The molecule has 8 rings (SSSR count). The van der Waals surface area contributed by atoms with Crippen molar-refractivity contribution < 1.29 is 0 Å². The zero-order valence-corrected chi connectivity index (χ0v) is 33.8. The number of fused-ring (bicyclic) bond motifs is 4. The van der Waals surface area contributed by atoms with Crippen molar-refractivity contribution >= 4 is 65.8 Å². The van der Waals surface area contributed by atoms with E-state index in [1.54, 1.807) is 22.7 Å². The van der Waals surface area contributed by atoms with Gasteiger partial charge in [-0.3, -0.25) is 0 Å². The lowest BCUT2D eigenvalue weighted by atomic mass is 9.89. The third kappa shape index (κ3) is 8.14. The van der Waals surface area contributed by atoms with Crippen LogP contribution in [0.3, 0.4) is 0 Å². The molecule has 0 spiro atoms. The van der Waals surface area contributed by atoms with Crippen LogP contribution in [0.2, 0.25) is 0 Å². The Morgan fingerprint density at radius 2 is 0.745 bits per heavy atom. The number of hydrogen-bond donors (Lipinski definition) is 0. The second-order valence-electron chi connectivity index (χ2n) is 14.8. The van der Waals surface area contributed by atoms with E-state index in [1.165, 1.54) is 128 Å². The number of thiophene rings is 2. The van der Waals surface area contributed by atoms with Gasteiger partial charge in [-0.05, 0) is 98.2 Å². The molecule has 0 saturated heterocycles. The fourth-order valence-electron chi connectivity index (χ4n) is 8.22. The van der Waals surface area contributed by atoms with Crippen molar-refractivity contribution in [2.75, 3.05) is 0 Å². The Morgan fingerprint density at radius 1 is 0.382 bits per heavy atom. The quantitative estimate of drug-likeness (QED) is 0.0663. The van der Waals surface area contributed by atoms with E-state index in [9.17, 15) is 0 Å². The normalized spacial score (nSPS) is 11.2. The van der Waals surface area contributed by atoms with Gasteiger partial charge in [0.2, 0.25) is 0 Å². The lowest BCUT2D eigenvalue weighted by Crippen LogP contribution is -1.94. The van der Waals surface area contributed by atoms with Gasteiger partial charge in [-0.25, -0.2) is 0 Å². The molecule has 0 saturated carbocycles. The van der Waals surface area contributed by atoms with Gasteiger partial charge in [-0.1, -0.05) is 185 Å². The molecule has 0 atom stereocenters. The zero-order chi connectivity index (χ0) is 37.4. The van der Waals surface area contributed by atoms with Crippen molar-refractivity contribution in [2.45, 2.75) is 84.5 Å². The molecule has 0 N–H and O–H groups in total. The fraction of sp³-hybridized carbons (Fsp3) is 0.245. The summed E-state index contributed by atoms with van der Waals surface area (Å²) in [5, 5.41) is 10.2. The summed E-state index contributed by atoms with van der Waals surface area (Å²) in [6.07, 6.45) is 14.7. The summed E-state index contributed by atoms with van der Waals surface area (Å²) in [6, 6.07) is 43.9. The summed E-state index contributed by atoms with van der Waals surface area (Å²) in [5.74, 6) is 14.4. The lowest BCUT2D eigenvalue weighted by Gasteiger charge is -2.14. The van der Waals surface area contributed by atoms with E-state index in [1.807, 2.05) is 0 Å². The Bertz CT molecular complexity index is 2620. The Kier molecular flexibility index (Phi) is 11.8. The topological polar surface area (TPSA) is 0 Å². The summed E-state index contributed by atoms with van der Waals surface area (Å²) >= 11 is 3.52. The van der Waals surface area contributed by atoms with Crippen LogP contribution in [0.15, 0.2) is 121 Å². The van der Waals surface area contributed by atoms with Crippen LogP contribution in [0.5, 0.6) is 0 Å². The molecule has 0 aliphatic heterocycles. The van der Waals surface area contributed by atoms with Crippen molar-refractivity contribution in [3.05, 3.63) is 153 Å². The molecule has 0 aliphatic rings. The minimum atomic E-state index is 1.07. The number of benzene rings is 6. The number of unbranched alkanes of at least 4 members (excludes halogenated alkanes) is 9. The Balaban J connectivity index is 1.01. The van der Waals surface area contributed by atoms with Gasteiger partial charge in [0.05, 0.1) is 9.75 Å². The van der Waals surface area contributed by atoms with Crippen LogP contribution < -0.4 is 0 Å². The summed E-state index contributed by atoms with van der Waals surface area (Å²) in [4.78, 5) is 4.61. The van der Waals surface area contributed by atoms with Gasteiger partial charge in [-0.15, -0.1) is 22.7 Å². The number of rotatable bonds is 12. The smallest absolute Gasteiger partial charge is 0.0779 e. The van der Waals surface area contributed by atoms with E-state index in [4.69, 9.17) is 0 Å². The predicted octanol–water partition coefficient (Wildman–Crippen LogP) is 15.7. The molecule has 0 bridgehead atoms. The molecule has 2 aromatic heterocycles. The Labute approximate surface area is 335 Å². The highest BCUT2D eigenvalue weighted by Gasteiger charge is 2.13. The molecular formula is C53H48S2. The molecule has 0 nitrogen and oxygen atoms in total. The molecule has 0 amide bonds. The molecule has 272 valence electrons. The molecule has 0 radical (unpaired) electrons. The molecule has 2 heterocycles. The van der Waals surface area contributed by atoms with Crippen LogP contribution in [0.4, 0.5) is 0 Å². The summed E-state index contributed by atoms with van der Waals surface area (Å²) in [7, 11) is 0. The first-order chi connectivity index (χ1) is 27.2. The van der Waals surface area contributed by atoms with Gasteiger partial charge in [0, 0.05) is 20.9 Å². The van der Waals surface area contributed by atoms with E-state index >= 15 is 0 Å². The van der Waals surface area contributed by atoms with Gasteiger partial charge < -0.3 is 0 Å². The van der Waals surface area contributed by atoms with E-state index in [2.05, 4.69) is 159 Å². The van der Waals surface area contributed by atoms with Crippen LogP contribution in [-0.4, -0.2) is 0 Å². The summed E-state index contributed by atoms with van der Waals surface area (Å²) in [5.41, 5.74) is 5.03. The van der Waals surface area contributed by atoms with Gasteiger partial charge in [0.25, 0.3) is 0 Å². The van der Waals surface area contributed by atoms with Crippen molar-refractivity contribution in [2.24, 2.45) is 0 Å². The predicted molar refractivity (Wildman–Crippen MR) is 243 cm³/mol. The molecule has 8 aromatic rings. The minimum absolute atomic E-state index is 1.07. The van der Waals surface area contributed by atoms with Crippen LogP contribution in [0, 0.1) is 30.6 Å². The molecular weight excluding hydrogens is 701 g/mol. The molecule has 6 aromatic carbocycles. The summed E-state index contributed by atoms with van der Waals surface area (Å²) in [6.45, 7) is 4.51. The van der Waals surface area contributed by atoms with E-state index in [0.717, 1.165) is 27.3 Å². The largest absolute Gasteiger partial charge is 0.126 e. The molecule has 55 heavy (non-hydrogen) atoms. The van der Waals surface area contributed by atoms with Crippen molar-refractivity contribution in [3.8, 4) is 33.4 Å². The van der Waals surface area contributed by atoms with Crippen LogP contribution in [0.25, 0.3) is 52.8 Å². The maximum Gasteiger partial charge on any atom is 0.0779 e. The third-order valence-electron chi connectivity index (χ3n) is 11.1. The van der Waals surface area contributed by atoms with Crippen molar-refractivity contribution in [1.29, 1.82) is 0 Å². The first-order valence-electron chi connectivity index (χ1n) is 20.3. The van der Waals surface area contributed by atoms with Crippen molar-refractivity contribution in [1.82, 2.24) is 0 Å². The highest BCUT2D eigenvalue weighted by atomic mass is 32.1. The minimum Gasteiger partial charge on any atom is -0.126 e. The Hall–Kier alpha value is -5.12. The first kappa shape index (κ1) is 36.8. The molecule has 2 heteroatoms. The monoisotopic (exact) mass is 748 g/mol. The lowest BCUT2D eigenvalue weighted by molar-refractivity contribution is 0.557. The van der Waals surface area contributed by atoms with Gasteiger partial charge in [-0.2, -0.15) is 0 Å². The number of aryl methyl sites for hydroxylation is 2. The highest BCUT2D eigenvalue weighted by Crippen LogP contribution is 2.36. The third-order valence-corrected chi connectivity index (χ3v) is 13.3. The van der Waals surface area contributed by atoms with Crippen molar-refractivity contribution in [3.63, 3.8) is 0 Å². The summed E-state index contributed by atoms with van der Waals surface area (Å²) < 4.78 is 0.